The Balaban J connectivity index is 0.00000300. The van der Waals surface area contributed by atoms with Gasteiger partial charge in [0.25, 0.3) is 0 Å². The number of methoxy groups -OCH3 is 2. The van der Waals surface area contributed by atoms with Crippen LogP contribution >= 0.6 is 15.9 Å². The van der Waals surface area contributed by atoms with Crippen molar-refractivity contribution in [1.82, 2.24) is 21.1 Å². The Morgan fingerprint density at radius 2 is 1.76 bits per heavy atom. The molecule has 2 heterocycles. The summed E-state index contributed by atoms with van der Waals surface area (Å²) in [4.78, 5) is 15.9. The Kier molecular flexibility index (Phi) is 9.72. The number of hydrogen-bond acceptors (Lipinski definition) is 8. The Morgan fingerprint density at radius 1 is 1.07 bits per heavy atom. The number of hydrogen-bond donors (Lipinski definition) is 2. The van der Waals surface area contributed by atoms with Crippen LogP contribution in [0.25, 0.3) is 0 Å². The van der Waals surface area contributed by atoms with E-state index in [1.165, 1.54) is 25.7 Å². The second-order valence-electron chi connectivity index (χ2n) is 6.91. The monoisotopic (exact) mass is 466 g/mol. The first-order valence-electron chi connectivity index (χ1n) is 9.69. The lowest BCUT2D eigenvalue weighted by Gasteiger charge is -2.24. The molecule has 0 spiro atoms. The zero-order valence-electron chi connectivity index (χ0n) is 17.2. The van der Waals surface area contributed by atoms with Crippen molar-refractivity contribution in [3.8, 4) is 0 Å². The van der Waals surface area contributed by atoms with Gasteiger partial charge in [0.1, 0.15) is 5.82 Å². The van der Waals surface area contributed by atoms with Gasteiger partial charge in [0, 0.05) is 39.4 Å². The number of nitrogens with one attached hydrogen (secondary N) is 1. The van der Waals surface area contributed by atoms with Crippen molar-refractivity contribution in [3.05, 3.63) is 34.7 Å². The molecule has 29 heavy (non-hydrogen) atoms. The van der Waals surface area contributed by atoms with Gasteiger partial charge in [-0.3, -0.25) is 0 Å². The van der Waals surface area contributed by atoms with E-state index in [9.17, 15) is 0 Å². The third-order valence-electron chi connectivity index (χ3n) is 5.00. The average molecular weight is 467 g/mol. The molecule has 0 saturated heterocycles. The number of ether oxygens (including phenoxy) is 2. The first kappa shape index (κ1) is 23.5. The van der Waals surface area contributed by atoms with Crippen LogP contribution in [0.4, 0.5) is 17.5 Å². The lowest BCUT2D eigenvalue weighted by molar-refractivity contribution is 0.190. The van der Waals surface area contributed by atoms with E-state index in [0.717, 1.165) is 34.8 Å². The standard InChI is InChI=1S/C20H28BrN5O2.H3N/c1-27-11-9-26(10-12-28-2)16-7-8-18(22-13-16)24-20-23-14-17(21)19(25-20)15-5-3-4-6-15;/h7-8,13-15H,3-6,9-12H2,1-2H3,(H,22,23,24,25);1H3. The molecule has 0 aromatic carbocycles. The highest BCUT2D eigenvalue weighted by molar-refractivity contribution is 9.10. The molecule has 160 valence electrons. The minimum Gasteiger partial charge on any atom is -0.383 e. The van der Waals surface area contributed by atoms with Crippen molar-refractivity contribution in [3.63, 3.8) is 0 Å². The van der Waals surface area contributed by atoms with Crippen LogP contribution in [0.5, 0.6) is 0 Å². The van der Waals surface area contributed by atoms with Gasteiger partial charge in [-0.2, -0.15) is 0 Å². The Labute approximate surface area is 181 Å². The molecule has 1 aliphatic rings. The number of halogens is 1. The Hall–Kier alpha value is -1.81. The van der Waals surface area contributed by atoms with E-state index >= 15 is 0 Å². The van der Waals surface area contributed by atoms with Crippen LogP contribution in [0.2, 0.25) is 0 Å². The lowest BCUT2D eigenvalue weighted by atomic mass is 10.0. The summed E-state index contributed by atoms with van der Waals surface area (Å²) in [6.07, 6.45) is 8.62. The van der Waals surface area contributed by atoms with Gasteiger partial charge >= 0.3 is 0 Å². The smallest absolute Gasteiger partial charge is 0.228 e. The molecule has 9 heteroatoms. The number of aromatic nitrogens is 3. The third kappa shape index (κ3) is 6.60. The molecular weight excluding hydrogens is 436 g/mol. The van der Waals surface area contributed by atoms with Gasteiger partial charge in [-0.1, -0.05) is 12.8 Å². The normalized spacial score (nSPS) is 13.9. The quantitative estimate of drug-likeness (QED) is 0.533. The largest absolute Gasteiger partial charge is 0.383 e. The molecule has 0 unspecified atom stereocenters. The molecule has 0 amide bonds. The second-order valence-corrected chi connectivity index (χ2v) is 7.76. The van der Waals surface area contributed by atoms with Crippen molar-refractivity contribution < 1.29 is 9.47 Å². The molecule has 0 radical (unpaired) electrons. The summed E-state index contributed by atoms with van der Waals surface area (Å²) in [5, 5.41) is 3.23. The molecular formula is C20H31BrN6O2. The van der Waals surface area contributed by atoms with Crippen LogP contribution in [-0.4, -0.2) is 55.5 Å². The van der Waals surface area contributed by atoms with E-state index in [4.69, 9.17) is 14.5 Å². The van der Waals surface area contributed by atoms with Crippen LogP contribution in [0, 0.1) is 0 Å². The SMILES string of the molecule is COCCN(CCOC)c1ccc(Nc2ncc(Br)c(C3CCCC3)n2)nc1.N. The highest BCUT2D eigenvalue weighted by Crippen LogP contribution is 2.36. The molecule has 1 aliphatic carbocycles. The van der Waals surface area contributed by atoms with Crippen molar-refractivity contribution >= 4 is 33.4 Å². The van der Waals surface area contributed by atoms with Gasteiger partial charge in [0.05, 0.1) is 35.3 Å². The second kappa shape index (κ2) is 12.0. The summed E-state index contributed by atoms with van der Waals surface area (Å²) in [6.45, 7) is 2.88. The number of nitrogens with zero attached hydrogens (tertiary/aromatic N) is 4. The van der Waals surface area contributed by atoms with Gasteiger partial charge in [0.2, 0.25) is 5.95 Å². The molecule has 0 aliphatic heterocycles. The summed E-state index contributed by atoms with van der Waals surface area (Å²) in [5.41, 5.74) is 2.12. The summed E-state index contributed by atoms with van der Waals surface area (Å²) >= 11 is 3.60. The summed E-state index contributed by atoms with van der Waals surface area (Å²) < 4.78 is 11.4. The zero-order chi connectivity index (χ0) is 19.8. The van der Waals surface area contributed by atoms with E-state index < -0.39 is 0 Å². The predicted octanol–water partition coefficient (Wildman–Crippen LogP) is 4.30. The number of pyridine rings is 1. The number of anilines is 3. The molecule has 4 N–H and O–H groups in total. The van der Waals surface area contributed by atoms with Gasteiger partial charge in [0.15, 0.2) is 0 Å². The van der Waals surface area contributed by atoms with Gasteiger partial charge in [-0.15, -0.1) is 0 Å². The summed E-state index contributed by atoms with van der Waals surface area (Å²) in [6, 6.07) is 3.99. The molecule has 8 nitrogen and oxygen atoms in total. The van der Waals surface area contributed by atoms with Crippen molar-refractivity contribution in [2.24, 2.45) is 0 Å². The van der Waals surface area contributed by atoms with Crippen LogP contribution < -0.4 is 16.4 Å². The van der Waals surface area contributed by atoms with E-state index in [-0.39, 0.29) is 6.15 Å². The van der Waals surface area contributed by atoms with Gasteiger partial charge in [-0.05, 0) is 40.9 Å². The van der Waals surface area contributed by atoms with Crippen molar-refractivity contribution in [1.29, 1.82) is 0 Å². The topological polar surface area (TPSA) is 107 Å². The maximum Gasteiger partial charge on any atom is 0.228 e. The maximum atomic E-state index is 5.20. The predicted molar refractivity (Wildman–Crippen MR) is 119 cm³/mol. The van der Waals surface area contributed by atoms with Gasteiger partial charge in [-0.25, -0.2) is 15.0 Å². The first-order valence-corrected chi connectivity index (χ1v) is 10.5. The molecule has 2 aromatic rings. The minimum absolute atomic E-state index is 0. The highest BCUT2D eigenvalue weighted by atomic mass is 79.9. The fourth-order valence-electron chi connectivity index (χ4n) is 3.46. The maximum absolute atomic E-state index is 5.20. The van der Waals surface area contributed by atoms with E-state index in [2.05, 4.69) is 36.1 Å². The lowest BCUT2D eigenvalue weighted by Crippen LogP contribution is -2.30. The molecule has 0 bridgehead atoms. The van der Waals surface area contributed by atoms with Gasteiger partial charge < -0.3 is 25.8 Å². The number of rotatable bonds is 10. The fourth-order valence-corrected chi connectivity index (χ4v) is 3.98. The van der Waals surface area contributed by atoms with Crippen molar-refractivity contribution in [2.75, 3.05) is 50.7 Å². The molecule has 1 saturated carbocycles. The molecule has 1 fully saturated rings. The minimum atomic E-state index is 0. The fraction of sp³-hybridized carbons (Fsp3) is 0.550. The highest BCUT2D eigenvalue weighted by Gasteiger charge is 2.21. The van der Waals surface area contributed by atoms with Crippen LogP contribution in [0.1, 0.15) is 37.3 Å². The summed E-state index contributed by atoms with van der Waals surface area (Å²) in [5.74, 6) is 1.83. The van der Waals surface area contributed by atoms with Crippen LogP contribution in [0.3, 0.4) is 0 Å². The summed E-state index contributed by atoms with van der Waals surface area (Å²) in [7, 11) is 3.41. The molecule has 0 atom stereocenters. The van der Waals surface area contributed by atoms with Crippen molar-refractivity contribution in [2.45, 2.75) is 31.6 Å². The Morgan fingerprint density at radius 3 is 2.34 bits per heavy atom. The Bertz CT molecular complexity index is 732. The third-order valence-corrected chi connectivity index (χ3v) is 5.61. The molecule has 3 rings (SSSR count). The van der Waals surface area contributed by atoms with E-state index in [1.807, 2.05) is 24.5 Å². The average Bonchev–Trinajstić information content (AvgIpc) is 3.25. The van der Waals surface area contributed by atoms with E-state index in [1.54, 1.807) is 14.2 Å². The zero-order valence-corrected chi connectivity index (χ0v) is 18.8. The van der Waals surface area contributed by atoms with E-state index in [0.29, 0.717) is 25.1 Å². The first-order chi connectivity index (χ1) is 13.7. The molecule has 2 aromatic heterocycles. The van der Waals surface area contributed by atoms with Crippen LogP contribution in [-0.2, 0) is 9.47 Å². The van der Waals surface area contributed by atoms with Crippen LogP contribution in [0.15, 0.2) is 29.0 Å².